The molecule has 58 valence electrons. The molecule has 0 aromatic carbocycles. The lowest BCUT2D eigenvalue weighted by Crippen LogP contribution is -2.00. The molecule has 0 saturated carbocycles. The van der Waals surface area contributed by atoms with Crippen LogP contribution < -0.4 is 0 Å². The highest BCUT2D eigenvalue weighted by molar-refractivity contribution is 7.88. The summed E-state index contributed by atoms with van der Waals surface area (Å²) in [5.41, 5.74) is -0.428. The zero-order valence-corrected chi connectivity index (χ0v) is 5.92. The van der Waals surface area contributed by atoms with Crippen LogP contribution in [-0.2, 0) is 14.9 Å². The smallest absolute Gasteiger partial charge is 0.332 e. The third-order valence-corrected chi connectivity index (χ3v) is 1.31. The molecular weight excluding hydrogens is 160 g/mol. The summed E-state index contributed by atoms with van der Waals surface area (Å²) >= 11 is 0. The highest BCUT2D eigenvalue weighted by Crippen LogP contribution is 1.95. The van der Waals surface area contributed by atoms with E-state index in [-0.39, 0.29) is 5.41 Å². The van der Waals surface area contributed by atoms with Crippen LogP contribution in [0.1, 0.15) is 6.92 Å². The fourth-order valence-electron chi connectivity index (χ4n) is 0.274. The minimum Gasteiger partial charge on any atom is -0.478 e. The highest BCUT2D eigenvalue weighted by Gasteiger charge is 2.05. The molecule has 0 heterocycles. The van der Waals surface area contributed by atoms with Gasteiger partial charge in [0, 0.05) is 5.57 Å². The molecule has 0 unspecified atom stereocenters. The predicted octanol–water partition coefficient (Wildman–Crippen LogP) is -0.137. The Labute approximate surface area is 57.7 Å². The summed E-state index contributed by atoms with van der Waals surface area (Å²) in [6, 6.07) is 0. The molecule has 10 heavy (non-hydrogen) atoms. The van der Waals surface area contributed by atoms with Gasteiger partial charge in [0.15, 0.2) is 0 Å². The maximum Gasteiger partial charge on any atom is 0.332 e. The zero-order chi connectivity index (χ0) is 8.36. The molecule has 0 aliphatic rings. The van der Waals surface area contributed by atoms with E-state index in [1.807, 2.05) is 0 Å². The minimum absolute atomic E-state index is 0.273. The molecule has 0 spiro atoms. The molecule has 0 aromatic heterocycles. The largest absolute Gasteiger partial charge is 0.478 e. The van der Waals surface area contributed by atoms with Crippen LogP contribution in [0.15, 0.2) is 11.0 Å². The fourth-order valence-corrected chi connectivity index (χ4v) is 0.821. The van der Waals surface area contributed by atoms with Gasteiger partial charge in [0.1, 0.15) is 0 Å². The quantitative estimate of drug-likeness (QED) is 0.440. The second-order valence-corrected chi connectivity index (χ2v) is 2.89. The van der Waals surface area contributed by atoms with Gasteiger partial charge in [-0.1, -0.05) is 0 Å². The van der Waals surface area contributed by atoms with Crippen LogP contribution in [0.5, 0.6) is 0 Å². The van der Waals surface area contributed by atoms with E-state index < -0.39 is 21.7 Å². The monoisotopic (exact) mass is 166 g/mol. The van der Waals surface area contributed by atoms with Gasteiger partial charge in [-0.2, -0.15) is 8.42 Å². The molecule has 5 nitrogen and oxygen atoms in total. The van der Waals surface area contributed by atoms with Crippen LogP contribution in [0, 0.1) is 0 Å². The van der Waals surface area contributed by atoms with Gasteiger partial charge in [-0.25, -0.2) is 4.79 Å². The van der Waals surface area contributed by atoms with Crippen molar-refractivity contribution in [3.05, 3.63) is 11.0 Å². The Bertz CT molecular complexity index is 259. The van der Waals surface area contributed by atoms with Crippen molar-refractivity contribution in [2.24, 2.45) is 0 Å². The Morgan fingerprint density at radius 2 is 1.90 bits per heavy atom. The average Bonchev–Trinajstić information content (AvgIpc) is 1.60. The molecule has 0 aliphatic carbocycles. The number of rotatable bonds is 2. The first-order valence-electron chi connectivity index (χ1n) is 2.22. The van der Waals surface area contributed by atoms with Gasteiger partial charge in [-0.3, -0.25) is 4.55 Å². The van der Waals surface area contributed by atoms with Gasteiger partial charge in [0.25, 0.3) is 10.1 Å². The summed E-state index contributed by atoms with van der Waals surface area (Å²) in [6.07, 6.45) is 0. The average molecular weight is 166 g/mol. The third kappa shape index (κ3) is 4.04. The standard InChI is InChI=1S/C4H6O5S/c1-3(4(5)6)2-10(7,8)9/h2H,1H3,(H,5,6)(H,7,8,9). The summed E-state index contributed by atoms with van der Waals surface area (Å²) < 4.78 is 28.0. The molecule has 0 bridgehead atoms. The van der Waals surface area contributed by atoms with Crippen molar-refractivity contribution < 1.29 is 22.9 Å². The Hall–Kier alpha value is -0.880. The van der Waals surface area contributed by atoms with Gasteiger partial charge < -0.3 is 5.11 Å². The van der Waals surface area contributed by atoms with E-state index in [9.17, 15) is 13.2 Å². The summed E-state index contributed by atoms with van der Waals surface area (Å²) in [7, 11) is -4.31. The maximum absolute atomic E-state index is 9.96. The van der Waals surface area contributed by atoms with Crippen LogP contribution in [0.2, 0.25) is 0 Å². The highest BCUT2D eigenvalue weighted by atomic mass is 32.2. The number of hydrogen-bond acceptors (Lipinski definition) is 3. The van der Waals surface area contributed by atoms with Crippen molar-refractivity contribution in [3.63, 3.8) is 0 Å². The van der Waals surface area contributed by atoms with Crippen molar-refractivity contribution in [2.45, 2.75) is 6.92 Å². The Kier molecular flexibility index (Phi) is 2.56. The Morgan fingerprint density at radius 3 is 2.00 bits per heavy atom. The maximum atomic E-state index is 9.96. The van der Waals surface area contributed by atoms with Crippen molar-refractivity contribution in [1.82, 2.24) is 0 Å². The minimum atomic E-state index is -4.31. The Morgan fingerprint density at radius 1 is 1.50 bits per heavy atom. The molecule has 2 N–H and O–H groups in total. The number of hydrogen-bond donors (Lipinski definition) is 2. The summed E-state index contributed by atoms with van der Waals surface area (Å²) in [6.45, 7) is 1.07. The van der Waals surface area contributed by atoms with E-state index >= 15 is 0 Å². The fraction of sp³-hybridized carbons (Fsp3) is 0.250. The number of carboxylic acid groups (broad SMARTS) is 1. The van der Waals surface area contributed by atoms with Crippen LogP contribution in [0.4, 0.5) is 0 Å². The molecule has 0 radical (unpaired) electrons. The molecule has 0 fully saturated rings. The lowest BCUT2D eigenvalue weighted by molar-refractivity contribution is -0.132. The van der Waals surface area contributed by atoms with Crippen LogP contribution in [0.25, 0.3) is 0 Å². The van der Waals surface area contributed by atoms with E-state index in [1.165, 1.54) is 0 Å². The van der Waals surface area contributed by atoms with Gasteiger partial charge in [0.2, 0.25) is 0 Å². The normalized spacial score (nSPS) is 13.2. The first-order chi connectivity index (χ1) is 4.33. The van der Waals surface area contributed by atoms with Crippen molar-refractivity contribution in [2.75, 3.05) is 0 Å². The number of aliphatic carboxylic acids is 1. The summed E-state index contributed by atoms with van der Waals surface area (Å²) in [5, 5.41) is 8.37. The molecule has 6 heteroatoms. The molecule has 0 aromatic rings. The van der Waals surface area contributed by atoms with E-state index in [4.69, 9.17) is 9.66 Å². The van der Waals surface area contributed by atoms with E-state index in [2.05, 4.69) is 0 Å². The first kappa shape index (κ1) is 9.12. The van der Waals surface area contributed by atoms with Gasteiger partial charge in [-0.05, 0) is 6.92 Å². The molecule has 0 rings (SSSR count). The van der Waals surface area contributed by atoms with E-state index in [0.717, 1.165) is 6.92 Å². The predicted molar refractivity (Wildman–Crippen MR) is 32.9 cm³/mol. The summed E-state index contributed by atoms with van der Waals surface area (Å²) in [5.74, 6) is -1.38. The topological polar surface area (TPSA) is 91.7 Å². The number of carbonyl (C=O) groups is 1. The van der Waals surface area contributed by atoms with Gasteiger partial charge >= 0.3 is 5.97 Å². The first-order valence-corrected chi connectivity index (χ1v) is 3.72. The van der Waals surface area contributed by atoms with E-state index in [0.29, 0.717) is 0 Å². The lowest BCUT2D eigenvalue weighted by atomic mass is 10.4. The number of carboxylic acids is 1. The molecule has 0 aliphatic heterocycles. The van der Waals surface area contributed by atoms with Crippen molar-refractivity contribution in [3.8, 4) is 0 Å². The second kappa shape index (κ2) is 2.80. The summed E-state index contributed by atoms with van der Waals surface area (Å²) in [4.78, 5) is 9.93. The second-order valence-electron chi connectivity index (χ2n) is 1.62. The van der Waals surface area contributed by atoms with E-state index in [1.54, 1.807) is 0 Å². The van der Waals surface area contributed by atoms with Crippen LogP contribution in [0.3, 0.4) is 0 Å². The van der Waals surface area contributed by atoms with Crippen LogP contribution >= 0.6 is 0 Å². The van der Waals surface area contributed by atoms with Crippen molar-refractivity contribution >= 4 is 16.1 Å². The molecule has 0 amide bonds. The lowest BCUT2D eigenvalue weighted by Gasteiger charge is -1.88. The zero-order valence-electron chi connectivity index (χ0n) is 5.10. The van der Waals surface area contributed by atoms with Gasteiger partial charge in [0.05, 0.1) is 5.41 Å². The Balaban J connectivity index is 4.66. The third-order valence-electron chi connectivity index (χ3n) is 0.663. The van der Waals surface area contributed by atoms with Crippen LogP contribution in [-0.4, -0.2) is 24.0 Å². The molecule has 0 atom stereocenters. The molecular formula is C4H6O5S. The van der Waals surface area contributed by atoms with Crippen molar-refractivity contribution in [1.29, 1.82) is 0 Å². The van der Waals surface area contributed by atoms with Gasteiger partial charge in [-0.15, -0.1) is 0 Å². The SMILES string of the molecule is CC(=CS(=O)(=O)O)C(=O)O. The molecule has 0 saturated heterocycles.